The lowest BCUT2D eigenvalue weighted by molar-refractivity contribution is -0.0835. The fourth-order valence-electron chi connectivity index (χ4n) is 3.76. The number of hydrogen-bond acceptors (Lipinski definition) is 2. The maximum Gasteiger partial charge on any atom is 0.0304 e. The van der Waals surface area contributed by atoms with Gasteiger partial charge in [0, 0.05) is 17.1 Å². The van der Waals surface area contributed by atoms with E-state index in [-0.39, 0.29) is 0 Å². The van der Waals surface area contributed by atoms with E-state index in [2.05, 4.69) is 38.1 Å². The first-order valence-corrected chi connectivity index (χ1v) is 7.48. The molecular weight excluding hydrogens is 208 g/mol. The van der Waals surface area contributed by atoms with Crippen LogP contribution < -0.4 is 5.43 Å². The minimum Gasteiger partial charge on any atom is -0.251 e. The highest BCUT2D eigenvalue weighted by atomic mass is 15.6. The zero-order chi connectivity index (χ0) is 12.5. The molecule has 1 saturated heterocycles. The summed E-state index contributed by atoms with van der Waals surface area (Å²) in [4.78, 5) is 0. The van der Waals surface area contributed by atoms with Crippen LogP contribution in [0.15, 0.2) is 0 Å². The molecule has 0 amide bonds. The SMILES string of the molecule is CC1(C)CCCC(C)(C)N1NC1CCCCC1. The molecule has 2 heteroatoms. The number of nitrogens with one attached hydrogen (secondary N) is 1. The maximum absolute atomic E-state index is 3.87. The Morgan fingerprint density at radius 1 is 0.824 bits per heavy atom. The van der Waals surface area contributed by atoms with Crippen LogP contribution in [0.2, 0.25) is 0 Å². The third kappa shape index (κ3) is 3.03. The summed E-state index contributed by atoms with van der Waals surface area (Å²) in [7, 11) is 0. The molecule has 0 spiro atoms. The molecule has 0 aromatic heterocycles. The van der Waals surface area contributed by atoms with Gasteiger partial charge in [-0.2, -0.15) is 0 Å². The van der Waals surface area contributed by atoms with E-state index < -0.39 is 0 Å². The average Bonchev–Trinajstić information content (AvgIpc) is 2.25. The summed E-state index contributed by atoms with van der Waals surface area (Å²) in [5.41, 5.74) is 4.48. The van der Waals surface area contributed by atoms with E-state index in [1.165, 1.54) is 51.4 Å². The van der Waals surface area contributed by atoms with Gasteiger partial charge < -0.3 is 0 Å². The Morgan fingerprint density at radius 3 is 1.88 bits per heavy atom. The van der Waals surface area contributed by atoms with E-state index in [1.54, 1.807) is 0 Å². The molecule has 17 heavy (non-hydrogen) atoms. The largest absolute Gasteiger partial charge is 0.251 e. The van der Waals surface area contributed by atoms with Gasteiger partial charge in [-0.1, -0.05) is 19.3 Å². The van der Waals surface area contributed by atoms with E-state index in [0.29, 0.717) is 11.1 Å². The quantitative estimate of drug-likeness (QED) is 0.785. The first-order valence-electron chi connectivity index (χ1n) is 7.48. The molecule has 0 atom stereocenters. The molecule has 1 aliphatic carbocycles. The van der Waals surface area contributed by atoms with Crippen molar-refractivity contribution in [1.82, 2.24) is 10.4 Å². The average molecular weight is 238 g/mol. The van der Waals surface area contributed by atoms with Crippen molar-refractivity contribution in [3.05, 3.63) is 0 Å². The van der Waals surface area contributed by atoms with Crippen LogP contribution in [0.25, 0.3) is 0 Å². The van der Waals surface area contributed by atoms with Gasteiger partial charge in [0.2, 0.25) is 0 Å². The molecule has 0 bridgehead atoms. The molecule has 1 aliphatic heterocycles. The summed E-state index contributed by atoms with van der Waals surface area (Å²) in [5, 5.41) is 2.58. The van der Waals surface area contributed by atoms with Crippen LogP contribution in [0.4, 0.5) is 0 Å². The Morgan fingerprint density at radius 2 is 1.35 bits per heavy atom. The standard InChI is InChI=1S/C15H30N2/c1-14(2)11-8-12-15(3,4)17(14)16-13-9-6-5-7-10-13/h13,16H,5-12H2,1-4H3. The number of nitrogens with zero attached hydrogens (tertiary/aromatic N) is 1. The first kappa shape index (κ1) is 13.4. The number of hydrazine groups is 1. The van der Waals surface area contributed by atoms with Crippen LogP contribution in [-0.2, 0) is 0 Å². The van der Waals surface area contributed by atoms with Crippen molar-refractivity contribution in [1.29, 1.82) is 0 Å². The van der Waals surface area contributed by atoms with Gasteiger partial charge in [-0.25, -0.2) is 5.01 Å². The molecule has 2 rings (SSSR count). The van der Waals surface area contributed by atoms with Crippen molar-refractivity contribution in [2.75, 3.05) is 0 Å². The monoisotopic (exact) mass is 238 g/mol. The lowest BCUT2D eigenvalue weighted by atomic mass is 9.81. The molecule has 2 nitrogen and oxygen atoms in total. The Kier molecular flexibility index (Phi) is 3.84. The molecule has 1 N–H and O–H groups in total. The summed E-state index contributed by atoms with van der Waals surface area (Å²) < 4.78 is 0. The van der Waals surface area contributed by atoms with Crippen LogP contribution in [0, 0.1) is 0 Å². The van der Waals surface area contributed by atoms with E-state index >= 15 is 0 Å². The minimum absolute atomic E-state index is 0.305. The molecule has 0 aromatic carbocycles. The van der Waals surface area contributed by atoms with Gasteiger partial charge in [-0.3, -0.25) is 5.43 Å². The van der Waals surface area contributed by atoms with Crippen molar-refractivity contribution < 1.29 is 0 Å². The van der Waals surface area contributed by atoms with E-state index in [4.69, 9.17) is 0 Å². The molecule has 0 aromatic rings. The Bertz CT molecular complexity index is 236. The molecular formula is C15H30N2. The molecule has 2 aliphatic rings. The number of rotatable bonds is 2. The highest BCUT2D eigenvalue weighted by molar-refractivity contribution is 4.95. The molecule has 0 unspecified atom stereocenters. The predicted octanol–water partition coefficient (Wildman–Crippen LogP) is 3.87. The molecule has 1 heterocycles. The summed E-state index contributed by atoms with van der Waals surface area (Å²) in [5.74, 6) is 0. The van der Waals surface area contributed by atoms with Crippen LogP contribution in [0.5, 0.6) is 0 Å². The fourth-order valence-corrected chi connectivity index (χ4v) is 3.76. The van der Waals surface area contributed by atoms with E-state index in [1.807, 2.05) is 0 Å². The highest BCUT2D eigenvalue weighted by Crippen LogP contribution is 2.37. The second-order valence-electron chi connectivity index (χ2n) is 7.28. The van der Waals surface area contributed by atoms with Gasteiger partial charge >= 0.3 is 0 Å². The van der Waals surface area contributed by atoms with Gasteiger partial charge in [-0.05, 0) is 59.8 Å². The summed E-state index contributed by atoms with van der Waals surface area (Å²) in [6, 6.07) is 0.723. The van der Waals surface area contributed by atoms with Gasteiger partial charge in [0.1, 0.15) is 0 Å². The molecule has 2 fully saturated rings. The van der Waals surface area contributed by atoms with Crippen molar-refractivity contribution >= 4 is 0 Å². The first-order chi connectivity index (χ1) is 7.92. The zero-order valence-electron chi connectivity index (χ0n) is 12.2. The van der Waals surface area contributed by atoms with Crippen molar-refractivity contribution in [3.63, 3.8) is 0 Å². The van der Waals surface area contributed by atoms with Crippen molar-refractivity contribution in [2.24, 2.45) is 0 Å². The third-order valence-electron chi connectivity index (χ3n) is 4.70. The van der Waals surface area contributed by atoms with Crippen LogP contribution in [-0.4, -0.2) is 22.1 Å². The van der Waals surface area contributed by atoms with Crippen molar-refractivity contribution in [3.8, 4) is 0 Å². The lowest BCUT2D eigenvalue weighted by Gasteiger charge is -2.54. The van der Waals surface area contributed by atoms with Crippen molar-refractivity contribution in [2.45, 2.75) is 96.2 Å². The second kappa shape index (κ2) is 4.89. The van der Waals surface area contributed by atoms with Gasteiger partial charge in [-0.15, -0.1) is 0 Å². The highest BCUT2D eigenvalue weighted by Gasteiger charge is 2.42. The fraction of sp³-hybridized carbons (Fsp3) is 1.00. The molecule has 0 radical (unpaired) electrons. The molecule has 1 saturated carbocycles. The third-order valence-corrected chi connectivity index (χ3v) is 4.70. The van der Waals surface area contributed by atoms with Crippen LogP contribution >= 0.6 is 0 Å². The van der Waals surface area contributed by atoms with E-state index in [9.17, 15) is 0 Å². The Hall–Kier alpha value is -0.0800. The van der Waals surface area contributed by atoms with E-state index in [0.717, 1.165) is 6.04 Å². The summed E-state index contributed by atoms with van der Waals surface area (Å²) >= 11 is 0. The van der Waals surface area contributed by atoms with Gasteiger partial charge in [0.05, 0.1) is 0 Å². The normalized spacial score (nSPS) is 30.4. The summed E-state index contributed by atoms with van der Waals surface area (Å²) in [6.45, 7) is 9.57. The minimum atomic E-state index is 0.305. The van der Waals surface area contributed by atoms with Gasteiger partial charge in [0.15, 0.2) is 0 Å². The van der Waals surface area contributed by atoms with Crippen LogP contribution in [0.3, 0.4) is 0 Å². The number of hydrogen-bond donors (Lipinski definition) is 1. The summed E-state index contributed by atoms with van der Waals surface area (Å²) in [6.07, 6.45) is 11.0. The molecule has 100 valence electrons. The lowest BCUT2D eigenvalue weighted by Crippen LogP contribution is -2.66. The number of piperidine rings is 1. The predicted molar refractivity (Wildman–Crippen MR) is 73.9 cm³/mol. The van der Waals surface area contributed by atoms with Gasteiger partial charge in [0.25, 0.3) is 0 Å². The smallest absolute Gasteiger partial charge is 0.0304 e. The topological polar surface area (TPSA) is 15.3 Å². The Labute approximate surface area is 107 Å². The Balaban J connectivity index is 2.03. The zero-order valence-corrected chi connectivity index (χ0v) is 12.2. The van der Waals surface area contributed by atoms with Crippen LogP contribution in [0.1, 0.15) is 79.1 Å². The maximum atomic E-state index is 3.87. The second-order valence-corrected chi connectivity index (χ2v) is 7.28.